The fourth-order valence-electron chi connectivity index (χ4n) is 17.9. The lowest BCUT2D eigenvalue weighted by molar-refractivity contribution is -0.144. The summed E-state index contributed by atoms with van der Waals surface area (Å²) in [7, 11) is 7.36. The topological polar surface area (TPSA) is 511 Å². The van der Waals surface area contributed by atoms with Crippen molar-refractivity contribution in [3.63, 3.8) is 0 Å². The van der Waals surface area contributed by atoms with Crippen LogP contribution in [0, 0.1) is 50.4 Å². The van der Waals surface area contributed by atoms with Gasteiger partial charge in [-0.2, -0.15) is 4.98 Å². The van der Waals surface area contributed by atoms with Gasteiger partial charge in [0.05, 0.1) is 160 Å². The third-order valence-corrected chi connectivity index (χ3v) is 26.0. The van der Waals surface area contributed by atoms with E-state index >= 15 is 0 Å². The minimum atomic E-state index is -0.754. The Balaban J connectivity index is 0.000000135. The molecule has 0 saturated heterocycles. The molecule has 0 aliphatic heterocycles. The van der Waals surface area contributed by atoms with Gasteiger partial charge in [0.1, 0.15) is 51.5 Å². The standard InChI is InChI=1S/C26H29N7O4.C26H29N7O3.C24H31N7O3.C23H30N6O4/c1-16-22(36-19-10-6-9-18(14-19)25(34)35)12-11-20(28-16)24-21(33(2)32-30-24)15-27-26-29-23(31-37-26)13-17-7-4-3-5-8-17;1-17-24(36-21-10-6-9-19(14-21)26(34)35)12-11-22(27-17)25-23(32(2)30-29-25)16-33-15-20(28-31-33)13-18-7-4-3-5-8-18;1-3-19-22(34-18-6-4-5-16(12-18)24(32)33)10-9-20(25-19)23-21(30(2)28-27-23)14-31-13-17(26-29-31)11-15-7-8-15;1-13(2)20-12-25-23(33-20)24-11-18-21(27-28-29(18)4)17-8-9-19(14(3)26-17)32-16-7-5-6-15(10-16)22(30)31/h3-5,7-8,11-12,18-19H,6,9-10,13-15H2,1-2H3,(H,34,35)(H,27,29,31);3-5,7-8,11-12,15,19,21H,6,9-10,13-14,16H2,1-2H3,(H,34,35);9-10,13,15-16,18H,3-8,11-12,14H2,1-2H3,(H,32,33);8-9,12-13,15-16H,5-7,10-11H2,1-4H3,(H,24,25)(H,30,31)/t18-,19-;19-,21-;16-,18-;15-,16-/m0000/s1. The maximum absolute atomic E-state index is 11.4. The first-order valence-corrected chi connectivity index (χ1v) is 47.9. The van der Waals surface area contributed by atoms with Gasteiger partial charge in [-0.25, -0.2) is 53.0 Å². The Bertz CT molecular complexity index is 6550. The van der Waals surface area contributed by atoms with Crippen LogP contribution in [-0.2, 0) is 99.2 Å². The average molecular weight is 1910 g/mol. The van der Waals surface area contributed by atoms with Crippen molar-refractivity contribution in [2.24, 2.45) is 57.8 Å². The number of carboxylic acid groups (broad SMARTS) is 4. The Morgan fingerprint density at radius 1 is 0.429 bits per heavy atom. The van der Waals surface area contributed by atoms with E-state index in [1.165, 1.54) is 18.4 Å². The van der Waals surface area contributed by atoms with E-state index in [-0.39, 0.29) is 54.0 Å². The number of carboxylic acids is 4. The number of ether oxygens (including phenoxy) is 4. The minimum Gasteiger partial charge on any atom is -0.489 e. The molecule has 14 aromatic rings. The molecule has 41 nitrogen and oxygen atoms in total. The Morgan fingerprint density at radius 2 is 0.807 bits per heavy atom. The molecule has 5 aliphatic rings. The zero-order valence-electron chi connectivity index (χ0n) is 80.3. The van der Waals surface area contributed by atoms with Crippen LogP contribution in [0.15, 0.2) is 137 Å². The highest BCUT2D eigenvalue weighted by atomic mass is 16.5. The third kappa shape index (κ3) is 25.5. The highest BCUT2D eigenvalue weighted by Gasteiger charge is 2.35. The average Bonchev–Trinajstić information content (AvgIpc) is 1.63. The number of pyridine rings is 4. The molecule has 140 heavy (non-hydrogen) atoms. The number of rotatable bonds is 34. The molecule has 19 rings (SSSR count). The van der Waals surface area contributed by atoms with E-state index in [4.69, 9.17) is 47.8 Å². The zero-order valence-corrected chi connectivity index (χ0v) is 80.3. The number of aromatic nitrogens is 25. The summed E-state index contributed by atoms with van der Waals surface area (Å²) in [6.07, 6.45) is 22.5. The molecular weight excluding hydrogens is 1790 g/mol. The summed E-state index contributed by atoms with van der Waals surface area (Å²) < 4.78 is 46.2. The van der Waals surface area contributed by atoms with E-state index in [1.54, 1.807) is 29.6 Å². The number of anilines is 2. The van der Waals surface area contributed by atoms with Crippen molar-refractivity contribution in [3.05, 3.63) is 207 Å². The maximum atomic E-state index is 11.4. The number of carbonyl (C=O) groups is 4. The van der Waals surface area contributed by atoms with Crippen molar-refractivity contribution in [2.75, 3.05) is 10.6 Å². The largest absolute Gasteiger partial charge is 0.489 e. The number of aliphatic carboxylic acids is 4. The maximum Gasteiger partial charge on any atom is 0.321 e. The highest BCUT2D eigenvalue weighted by Crippen LogP contribution is 2.39. The lowest BCUT2D eigenvalue weighted by atomic mass is 9.87. The molecule has 0 amide bonds. The fourth-order valence-corrected chi connectivity index (χ4v) is 17.9. The van der Waals surface area contributed by atoms with Crippen LogP contribution in [0.25, 0.3) is 45.6 Å². The monoisotopic (exact) mass is 1910 g/mol. The number of aryl methyl sites for hydroxylation is 8. The summed E-state index contributed by atoms with van der Waals surface area (Å²) in [5, 5.41) is 99.1. The Morgan fingerprint density at radius 3 is 1.21 bits per heavy atom. The highest BCUT2D eigenvalue weighted by molar-refractivity contribution is 5.72. The predicted molar refractivity (Wildman–Crippen MR) is 509 cm³/mol. The van der Waals surface area contributed by atoms with Crippen molar-refractivity contribution in [1.82, 2.24) is 125 Å². The Labute approximate surface area is 808 Å². The zero-order chi connectivity index (χ0) is 98.0. The molecule has 12 aromatic heterocycles. The second kappa shape index (κ2) is 45.5. The van der Waals surface area contributed by atoms with Crippen LogP contribution >= 0.6 is 0 Å². The molecule has 6 N–H and O–H groups in total. The van der Waals surface area contributed by atoms with Crippen molar-refractivity contribution < 1.29 is 67.5 Å². The van der Waals surface area contributed by atoms with Crippen LogP contribution < -0.4 is 29.6 Å². The molecule has 41 heteroatoms. The number of oxazole rings is 1. The summed E-state index contributed by atoms with van der Waals surface area (Å²) in [6, 6.07) is 35.9. The molecule has 12 heterocycles. The second-order valence-electron chi connectivity index (χ2n) is 36.9. The van der Waals surface area contributed by atoms with Gasteiger partial charge in [0.25, 0.3) is 6.01 Å². The van der Waals surface area contributed by atoms with Crippen LogP contribution in [0.2, 0.25) is 0 Å². The first-order valence-electron chi connectivity index (χ1n) is 47.9. The van der Waals surface area contributed by atoms with Crippen molar-refractivity contribution in [2.45, 2.75) is 239 Å². The molecule has 2 aromatic carbocycles. The van der Waals surface area contributed by atoms with Crippen LogP contribution in [0.4, 0.5) is 12.0 Å². The number of hydrogen-bond donors (Lipinski definition) is 6. The van der Waals surface area contributed by atoms with Gasteiger partial charge in [-0.1, -0.05) is 118 Å². The first-order chi connectivity index (χ1) is 67.7. The van der Waals surface area contributed by atoms with E-state index < -0.39 is 23.9 Å². The molecular formula is C99H119N27O14. The van der Waals surface area contributed by atoms with Gasteiger partial charge in [-0.15, -0.1) is 30.6 Å². The quantitative estimate of drug-likeness (QED) is 0.0218. The van der Waals surface area contributed by atoms with E-state index in [1.807, 2.05) is 184 Å². The number of nitrogens with one attached hydrogen (secondary N) is 2. The van der Waals surface area contributed by atoms with Gasteiger partial charge in [-0.05, 0) is 215 Å². The van der Waals surface area contributed by atoms with Crippen LogP contribution in [-0.4, -0.2) is 194 Å². The predicted octanol–water partition coefficient (Wildman–Crippen LogP) is 14.2. The summed E-state index contributed by atoms with van der Waals surface area (Å²) >= 11 is 0. The molecule has 0 bridgehead atoms. The molecule has 0 radical (unpaired) electrons. The second-order valence-corrected chi connectivity index (χ2v) is 36.9. The molecule has 5 aliphatic carbocycles. The van der Waals surface area contributed by atoms with Crippen LogP contribution in [0.1, 0.15) is 222 Å². The SMILES string of the molecule is CCc1nc(-c2nnn(C)c2Cn2cc(CC3CC3)nn2)ccc1O[C@H]1CCC[C@H](C(=O)O)C1.Cc1nc(-c2nnn(C)c2CNc2nc(Cc3ccccc3)no2)ccc1O[C@H]1CCC[C@H](C(=O)O)C1.Cc1nc(-c2nnn(C)c2CNc2ncc(C(C)C)o2)ccc1O[C@H]1CCC[C@H](C(=O)O)C1.Cc1nc(-c2nnn(C)c2Cn2cc(Cc3ccccc3)nn2)ccc1O[C@H]1CCC[C@H](C(=O)O)C1. The normalized spacial score (nSPS) is 18.5. The smallest absolute Gasteiger partial charge is 0.321 e. The van der Waals surface area contributed by atoms with Gasteiger partial charge < -0.3 is 58.9 Å². The van der Waals surface area contributed by atoms with Crippen molar-refractivity contribution in [1.29, 1.82) is 0 Å². The van der Waals surface area contributed by atoms with E-state index in [9.17, 15) is 39.6 Å². The van der Waals surface area contributed by atoms with Crippen molar-refractivity contribution in [3.8, 4) is 68.5 Å². The van der Waals surface area contributed by atoms with E-state index in [0.717, 1.165) is 138 Å². The van der Waals surface area contributed by atoms with Crippen LogP contribution in [0.3, 0.4) is 0 Å². The molecule has 0 unspecified atom stereocenters. The van der Waals surface area contributed by atoms with Gasteiger partial charge in [0.2, 0.25) is 0 Å². The van der Waals surface area contributed by atoms with E-state index in [0.29, 0.717) is 177 Å². The van der Waals surface area contributed by atoms with Crippen molar-refractivity contribution >= 4 is 35.9 Å². The molecule has 5 saturated carbocycles. The van der Waals surface area contributed by atoms with Gasteiger partial charge >= 0.3 is 29.9 Å². The third-order valence-electron chi connectivity index (χ3n) is 26.0. The first kappa shape index (κ1) is 98.0. The lowest BCUT2D eigenvalue weighted by Gasteiger charge is -2.28. The lowest BCUT2D eigenvalue weighted by Crippen LogP contribution is -2.29. The Hall–Kier alpha value is -15.1. The summed E-state index contributed by atoms with van der Waals surface area (Å²) in [4.78, 5) is 73.2. The molecule has 5 fully saturated rings. The number of nitrogens with zero attached hydrogens (tertiary/aromatic N) is 25. The number of hydrogen-bond acceptors (Lipinski definition) is 31. The molecule has 0 spiro atoms. The summed E-state index contributed by atoms with van der Waals surface area (Å²) in [5.41, 5.74) is 16.1. The van der Waals surface area contributed by atoms with Crippen LogP contribution in [0.5, 0.6) is 23.0 Å². The minimum absolute atomic E-state index is 0.1000. The molecule has 734 valence electrons. The Kier molecular flexibility index (Phi) is 31.8. The van der Waals surface area contributed by atoms with Gasteiger partial charge in [-0.3, -0.25) is 19.2 Å². The van der Waals surface area contributed by atoms with Gasteiger partial charge in [0.15, 0.2) is 5.82 Å². The van der Waals surface area contributed by atoms with E-state index in [2.05, 4.69) is 99.8 Å². The molecule has 8 atom stereocenters. The fraction of sp³-hybridized carbons (Fsp3) is 0.465. The van der Waals surface area contributed by atoms with Gasteiger partial charge in [0, 0.05) is 59.3 Å². The summed E-state index contributed by atoms with van der Waals surface area (Å²) in [6.45, 7) is 13.5. The summed E-state index contributed by atoms with van der Waals surface area (Å²) in [5.74, 6) is 0.789. The number of benzene rings is 2.